The molecule has 1 aliphatic heterocycles. The fourth-order valence-electron chi connectivity index (χ4n) is 4.71. The van der Waals surface area contributed by atoms with Gasteiger partial charge in [-0.05, 0) is 47.5 Å². The van der Waals surface area contributed by atoms with E-state index in [1.807, 2.05) is 60.7 Å². The lowest BCUT2D eigenvalue weighted by molar-refractivity contribution is -0.192. The Bertz CT molecular complexity index is 1440. The first-order valence-corrected chi connectivity index (χ1v) is 14.5. The molecule has 1 fully saturated rings. The third-order valence-corrected chi connectivity index (χ3v) is 7.81. The molecule has 1 aromatic heterocycles. The van der Waals surface area contributed by atoms with Crippen LogP contribution >= 0.6 is 11.3 Å². The van der Waals surface area contributed by atoms with Crippen LogP contribution in [0.3, 0.4) is 0 Å². The summed E-state index contributed by atoms with van der Waals surface area (Å²) in [6.45, 7) is 0.718. The Morgan fingerprint density at radius 2 is 1.58 bits per heavy atom. The number of nitrogen functional groups attached to an aromatic ring is 1. The summed E-state index contributed by atoms with van der Waals surface area (Å²) in [4.78, 5) is 49.5. The molecule has 15 heteroatoms. The fourth-order valence-corrected chi connectivity index (χ4v) is 5.51. The standard InChI is InChI=1S/C28H31N5O4S.C2HF3O2/c1-37-28(36)33-24(22(17-9-4-2-5-10-17)18-11-6-3-7-12-18)27(35)32-23(25(34)20-13-8-14-31-20)19-15-21(26(29)30)38-16-19;3-2(4,5)1(6)7/h2-7,9-12,15-16,20,22-24,31H,8,13-14H2,1H3,(H3,29,30)(H,32,35)(H,33,36);(H,6,7)/t20-,23?,24+;/m0./s1. The number of alkyl carbamates (subject to hydrolysis) is 1. The largest absolute Gasteiger partial charge is 0.490 e. The molecule has 0 bridgehead atoms. The second-order valence-electron chi connectivity index (χ2n) is 9.87. The number of hydrogen-bond acceptors (Lipinski definition) is 8. The average molecular weight is 648 g/mol. The number of carboxylic acids is 1. The predicted octanol–water partition coefficient (Wildman–Crippen LogP) is 3.70. The second-order valence-corrected chi connectivity index (χ2v) is 10.8. The van der Waals surface area contributed by atoms with Crippen molar-refractivity contribution in [1.29, 1.82) is 5.41 Å². The minimum atomic E-state index is -5.08. The van der Waals surface area contributed by atoms with E-state index in [2.05, 4.69) is 16.0 Å². The Morgan fingerprint density at radius 3 is 2.00 bits per heavy atom. The zero-order valence-electron chi connectivity index (χ0n) is 24.0. The number of carbonyl (C=O) groups is 4. The van der Waals surface area contributed by atoms with Crippen molar-refractivity contribution in [3.63, 3.8) is 0 Å². The van der Waals surface area contributed by atoms with Crippen molar-refractivity contribution in [3.8, 4) is 0 Å². The van der Waals surface area contributed by atoms with Gasteiger partial charge in [0.1, 0.15) is 17.9 Å². The van der Waals surface area contributed by atoms with Crippen LogP contribution in [0.1, 0.15) is 46.4 Å². The number of nitrogens with two attached hydrogens (primary N) is 1. The molecular weight excluding hydrogens is 615 g/mol. The molecule has 0 saturated carbocycles. The van der Waals surface area contributed by atoms with Crippen LogP contribution < -0.4 is 21.7 Å². The SMILES string of the molecule is COC(=O)N[C@@H](C(=O)NC(C(=O)[C@@H]1CCCN1)c1csc(C(=N)N)c1)C(c1ccccc1)c1ccccc1.O=C(O)C(F)(F)F. The van der Waals surface area contributed by atoms with Crippen LogP contribution in [0.15, 0.2) is 72.1 Å². The molecule has 11 nitrogen and oxygen atoms in total. The Hall–Kier alpha value is -4.76. The highest BCUT2D eigenvalue weighted by atomic mass is 32.1. The summed E-state index contributed by atoms with van der Waals surface area (Å²) in [5.74, 6) is -4.16. The average Bonchev–Trinajstić information content (AvgIpc) is 3.73. The Morgan fingerprint density at radius 1 is 1.02 bits per heavy atom. The molecule has 7 N–H and O–H groups in total. The maximum absolute atomic E-state index is 14.0. The van der Waals surface area contributed by atoms with E-state index in [9.17, 15) is 27.6 Å². The number of benzene rings is 2. The Kier molecular flexibility index (Phi) is 12.2. The van der Waals surface area contributed by atoms with Crippen LogP contribution in [0.5, 0.6) is 0 Å². The molecule has 240 valence electrons. The number of nitrogens with one attached hydrogen (secondary N) is 4. The molecule has 4 rings (SSSR count). The predicted molar refractivity (Wildman–Crippen MR) is 160 cm³/mol. The molecule has 2 amide bonds. The first-order valence-electron chi connectivity index (χ1n) is 13.6. The quantitative estimate of drug-likeness (QED) is 0.142. The van der Waals surface area contributed by atoms with Gasteiger partial charge in [0, 0.05) is 5.92 Å². The van der Waals surface area contributed by atoms with E-state index in [-0.39, 0.29) is 11.6 Å². The molecule has 2 aromatic carbocycles. The number of alkyl halides is 3. The number of halogens is 3. The lowest BCUT2D eigenvalue weighted by atomic mass is 9.84. The summed E-state index contributed by atoms with van der Waals surface area (Å²) in [6, 6.07) is 17.9. The number of amides is 2. The van der Waals surface area contributed by atoms with E-state index in [0.717, 1.165) is 24.1 Å². The molecule has 3 aromatic rings. The monoisotopic (exact) mass is 647 g/mol. The van der Waals surface area contributed by atoms with Crippen molar-refractivity contribution in [3.05, 3.63) is 93.7 Å². The summed E-state index contributed by atoms with van der Waals surface area (Å²) in [6.07, 6.45) is -4.33. The summed E-state index contributed by atoms with van der Waals surface area (Å²) in [5, 5.41) is 25.4. The van der Waals surface area contributed by atoms with Gasteiger partial charge in [-0.3, -0.25) is 15.0 Å². The van der Waals surface area contributed by atoms with E-state index >= 15 is 0 Å². The Labute approximate surface area is 260 Å². The zero-order valence-corrected chi connectivity index (χ0v) is 24.8. The third-order valence-electron chi connectivity index (χ3n) is 6.83. The van der Waals surface area contributed by atoms with Crippen molar-refractivity contribution < 1.29 is 42.2 Å². The molecule has 1 unspecified atom stereocenters. The number of carbonyl (C=O) groups excluding carboxylic acids is 3. The van der Waals surface area contributed by atoms with Crippen molar-refractivity contribution >= 4 is 40.9 Å². The van der Waals surface area contributed by atoms with Gasteiger partial charge < -0.3 is 31.5 Å². The molecular formula is C30H32F3N5O6S. The minimum Gasteiger partial charge on any atom is -0.475 e. The van der Waals surface area contributed by atoms with Crippen LogP contribution in [-0.2, 0) is 19.1 Å². The molecule has 0 spiro atoms. The van der Waals surface area contributed by atoms with E-state index in [4.69, 9.17) is 25.8 Å². The van der Waals surface area contributed by atoms with Gasteiger partial charge in [-0.25, -0.2) is 9.59 Å². The van der Waals surface area contributed by atoms with E-state index in [0.29, 0.717) is 16.9 Å². The van der Waals surface area contributed by atoms with Gasteiger partial charge >= 0.3 is 18.2 Å². The summed E-state index contributed by atoms with van der Waals surface area (Å²) in [5.41, 5.74) is 7.82. The third kappa shape index (κ3) is 9.61. The number of rotatable bonds is 10. The van der Waals surface area contributed by atoms with Crippen LogP contribution in [-0.4, -0.2) is 66.6 Å². The molecule has 45 heavy (non-hydrogen) atoms. The lowest BCUT2D eigenvalue weighted by Crippen LogP contribution is -2.53. The normalized spacial score (nSPS) is 15.6. The first-order chi connectivity index (χ1) is 21.3. The number of hydrogen-bond donors (Lipinski definition) is 6. The molecule has 0 radical (unpaired) electrons. The van der Waals surface area contributed by atoms with Crippen LogP contribution in [0.4, 0.5) is 18.0 Å². The molecule has 1 aliphatic rings. The first kappa shape index (κ1) is 34.7. The highest BCUT2D eigenvalue weighted by Gasteiger charge is 2.39. The smallest absolute Gasteiger partial charge is 0.475 e. The van der Waals surface area contributed by atoms with Crippen molar-refractivity contribution in [2.24, 2.45) is 5.73 Å². The van der Waals surface area contributed by atoms with E-state index < -0.39 is 48.2 Å². The van der Waals surface area contributed by atoms with Gasteiger partial charge in [0.05, 0.1) is 18.0 Å². The second kappa shape index (κ2) is 15.8. The number of methoxy groups -OCH3 is 1. The van der Waals surface area contributed by atoms with Gasteiger partial charge in [0.2, 0.25) is 5.91 Å². The number of ketones is 1. The maximum Gasteiger partial charge on any atom is 0.490 e. The van der Waals surface area contributed by atoms with Crippen LogP contribution in [0.25, 0.3) is 0 Å². The van der Waals surface area contributed by atoms with Crippen molar-refractivity contribution in [2.75, 3.05) is 13.7 Å². The molecule has 1 saturated heterocycles. The van der Waals surface area contributed by atoms with Gasteiger partial charge in [-0.2, -0.15) is 13.2 Å². The number of ether oxygens (including phenoxy) is 1. The van der Waals surface area contributed by atoms with Crippen LogP contribution in [0, 0.1) is 5.41 Å². The molecule has 0 aliphatic carbocycles. The molecule has 3 atom stereocenters. The number of carboxylic acid groups (broad SMARTS) is 1. The Balaban J connectivity index is 0.000000707. The minimum absolute atomic E-state index is 0.115. The van der Waals surface area contributed by atoms with Gasteiger partial charge in [-0.15, -0.1) is 11.3 Å². The summed E-state index contributed by atoms with van der Waals surface area (Å²) in [7, 11) is 1.23. The summed E-state index contributed by atoms with van der Waals surface area (Å²) < 4.78 is 36.6. The fraction of sp³-hybridized carbons (Fsp3) is 0.300. The number of amidine groups is 1. The maximum atomic E-state index is 14.0. The number of aliphatic carboxylic acids is 1. The van der Waals surface area contributed by atoms with Gasteiger partial charge in [0.15, 0.2) is 5.78 Å². The van der Waals surface area contributed by atoms with Gasteiger partial charge in [0.25, 0.3) is 0 Å². The highest BCUT2D eigenvalue weighted by molar-refractivity contribution is 7.12. The molecule has 2 heterocycles. The van der Waals surface area contributed by atoms with E-state index in [1.54, 1.807) is 11.4 Å². The van der Waals surface area contributed by atoms with Crippen molar-refractivity contribution in [1.82, 2.24) is 16.0 Å². The van der Waals surface area contributed by atoms with Gasteiger partial charge in [-0.1, -0.05) is 60.7 Å². The highest BCUT2D eigenvalue weighted by Crippen LogP contribution is 2.30. The van der Waals surface area contributed by atoms with Crippen molar-refractivity contribution in [2.45, 2.75) is 43.1 Å². The number of Topliss-reactive ketones (excluding diaryl/α,β-unsaturated/α-hetero) is 1. The zero-order chi connectivity index (χ0) is 33.1. The lowest BCUT2D eigenvalue weighted by Gasteiger charge is -2.30. The van der Waals surface area contributed by atoms with Crippen LogP contribution in [0.2, 0.25) is 0 Å². The van der Waals surface area contributed by atoms with E-state index in [1.165, 1.54) is 18.4 Å². The summed E-state index contributed by atoms with van der Waals surface area (Å²) >= 11 is 1.23. The number of thiophene rings is 1. The topological polar surface area (TPSA) is 184 Å².